The predicted octanol–water partition coefficient (Wildman–Crippen LogP) is -0.752. The average Bonchev–Trinajstić information content (AvgIpc) is 2.46. The average molecular weight is 170 g/mol. The maximum absolute atomic E-state index is 10.5. The largest absolute Gasteiger partial charge is 1.00 e. The zero-order valence-electron chi connectivity index (χ0n) is 8.15. The molecule has 0 bridgehead atoms. The Bertz CT molecular complexity index is 405. The van der Waals surface area contributed by atoms with Crippen molar-refractivity contribution in [2.45, 2.75) is 0 Å². The molecule has 0 saturated heterocycles. The summed E-state index contributed by atoms with van der Waals surface area (Å²) in [7, 11) is 0. The molecule has 2 rings (SSSR count). The molecule has 3 nitrogen and oxygen atoms in total. The molecule has 4 heteroatoms. The number of fused-ring (bicyclic) bond motifs is 1. The van der Waals surface area contributed by atoms with Crippen LogP contribution in [0.3, 0.4) is 0 Å². The first kappa shape index (κ1) is 9.91. The minimum absolute atomic E-state index is 0. The van der Waals surface area contributed by atoms with Gasteiger partial charge in [-0.25, -0.2) is 4.79 Å². The van der Waals surface area contributed by atoms with Crippen LogP contribution in [0.2, 0.25) is 0 Å². The maximum atomic E-state index is 10.5. The Kier molecular flexibility index (Phi) is 2.82. The summed E-state index contributed by atoms with van der Waals surface area (Å²) in [6.45, 7) is 0. The molecule has 0 aliphatic rings. The summed E-state index contributed by atoms with van der Waals surface area (Å²) in [6.07, 6.45) is 0. The van der Waals surface area contributed by atoms with Crippen LogP contribution in [0.5, 0.6) is 0 Å². The van der Waals surface area contributed by atoms with Gasteiger partial charge in [-0.1, -0.05) is 18.2 Å². The van der Waals surface area contributed by atoms with Gasteiger partial charge in [0.1, 0.15) is 5.58 Å². The first-order chi connectivity index (χ1) is 5.77. The minimum Gasteiger partial charge on any atom is -1.00 e. The van der Waals surface area contributed by atoms with Gasteiger partial charge in [0.05, 0.1) is 0 Å². The van der Waals surface area contributed by atoms with Crippen molar-refractivity contribution in [2.75, 3.05) is 0 Å². The molecular weight excluding hydrogens is 163 g/mol. The van der Waals surface area contributed by atoms with E-state index in [1.165, 1.54) is 6.07 Å². The van der Waals surface area contributed by atoms with Crippen molar-refractivity contribution in [3.05, 3.63) is 36.1 Å². The first-order valence-electron chi connectivity index (χ1n) is 3.49. The third kappa shape index (κ3) is 1.77. The number of aromatic carboxylic acids is 1. The standard InChI is InChI=1S/C9H6O3.Li.H/c10-9(11)8-5-6-3-1-2-4-7(6)12-8;;/h1-5H,(H,10,11);;/q;+1;-1. The van der Waals surface area contributed by atoms with Gasteiger partial charge in [0.25, 0.3) is 0 Å². The Labute approximate surface area is 88.0 Å². The predicted molar refractivity (Wildman–Crippen MR) is 44.3 cm³/mol. The monoisotopic (exact) mass is 170 g/mol. The van der Waals surface area contributed by atoms with Gasteiger partial charge in [0.2, 0.25) is 5.76 Å². The van der Waals surface area contributed by atoms with E-state index in [0.29, 0.717) is 5.58 Å². The molecule has 0 atom stereocenters. The summed E-state index contributed by atoms with van der Waals surface area (Å²) in [5, 5.41) is 9.41. The molecule has 1 aromatic heterocycles. The number of carboxylic acids is 1. The fraction of sp³-hybridized carbons (Fsp3) is 0. The molecule has 0 saturated carbocycles. The molecule has 2 aromatic rings. The second-order valence-electron chi connectivity index (χ2n) is 2.45. The Morgan fingerprint density at radius 3 is 2.69 bits per heavy atom. The Morgan fingerprint density at radius 2 is 2.08 bits per heavy atom. The third-order valence-corrected chi connectivity index (χ3v) is 1.64. The summed E-state index contributed by atoms with van der Waals surface area (Å²) in [5.74, 6) is -1.05. The summed E-state index contributed by atoms with van der Waals surface area (Å²) in [6, 6.07) is 8.70. The number of para-hydroxylation sites is 1. The van der Waals surface area contributed by atoms with Gasteiger partial charge in [0, 0.05) is 5.39 Å². The van der Waals surface area contributed by atoms with Crippen molar-refractivity contribution in [2.24, 2.45) is 0 Å². The van der Waals surface area contributed by atoms with E-state index in [1.807, 2.05) is 12.1 Å². The second-order valence-corrected chi connectivity index (χ2v) is 2.45. The molecule has 1 aromatic carbocycles. The normalized spacial score (nSPS) is 9.54. The van der Waals surface area contributed by atoms with E-state index in [9.17, 15) is 4.79 Å². The number of hydrogen-bond acceptors (Lipinski definition) is 2. The van der Waals surface area contributed by atoms with Crippen molar-refractivity contribution in [3.8, 4) is 0 Å². The van der Waals surface area contributed by atoms with Crippen LogP contribution in [0.1, 0.15) is 12.0 Å². The molecule has 0 radical (unpaired) electrons. The van der Waals surface area contributed by atoms with Gasteiger partial charge in [0.15, 0.2) is 0 Å². The Hall–Kier alpha value is -1.17. The van der Waals surface area contributed by atoms with Crippen molar-refractivity contribution in [1.29, 1.82) is 0 Å². The SMILES string of the molecule is O=C(O)c1cc2ccccc2o1.[H-].[Li+]. The van der Waals surface area contributed by atoms with Crippen LogP contribution in [0.25, 0.3) is 11.0 Å². The Balaban J connectivity index is 0.000000845. The van der Waals surface area contributed by atoms with Gasteiger partial charge in [-0.2, -0.15) is 0 Å². The van der Waals surface area contributed by atoms with Crippen molar-refractivity contribution >= 4 is 16.9 Å². The third-order valence-electron chi connectivity index (χ3n) is 1.64. The first-order valence-corrected chi connectivity index (χ1v) is 3.49. The fourth-order valence-corrected chi connectivity index (χ4v) is 1.09. The zero-order valence-corrected chi connectivity index (χ0v) is 7.15. The van der Waals surface area contributed by atoms with E-state index in [-0.39, 0.29) is 26.0 Å². The zero-order chi connectivity index (χ0) is 8.55. The van der Waals surface area contributed by atoms with Crippen LogP contribution in [-0.4, -0.2) is 11.1 Å². The van der Waals surface area contributed by atoms with E-state index in [4.69, 9.17) is 9.52 Å². The van der Waals surface area contributed by atoms with Crippen LogP contribution in [-0.2, 0) is 0 Å². The van der Waals surface area contributed by atoms with E-state index >= 15 is 0 Å². The topological polar surface area (TPSA) is 50.4 Å². The molecule has 1 heterocycles. The minimum atomic E-state index is -1.04. The van der Waals surface area contributed by atoms with Crippen molar-refractivity contribution in [3.63, 3.8) is 0 Å². The number of hydrogen-bond donors (Lipinski definition) is 1. The fourth-order valence-electron chi connectivity index (χ4n) is 1.09. The molecule has 1 N–H and O–H groups in total. The van der Waals surface area contributed by atoms with Crippen molar-refractivity contribution in [1.82, 2.24) is 0 Å². The summed E-state index contributed by atoms with van der Waals surface area (Å²) < 4.78 is 5.03. The van der Waals surface area contributed by atoms with E-state index in [2.05, 4.69) is 0 Å². The second kappa shape index (κ2) is 3.69. The summed E-state index contributed by atoms with van der Waals surface area (Å²) in [5.41, 5.74) is 0.606. The van der Waals surface area contributed by atoms with Crippen LogP contribution < -0.4 is 18.9 Å². The molecule has 13 heavy (non-hydrogen) atoms. The van der Waals surface area contributed by atoms with Gasteiger partial charge in [-0.05, 0) is 12.1 Å². The number of benzene rings is 1. The summed E-state index contributed by atoms with van der Waals surface area (Å²) >= 11 is 0. The smallest absolute Gasteiger partial charge is 1.00 e. The van der Waals surface area contributed by atoms with E-state index in [0.717, 1.165) is 5.39 Å². The molecule has 62 valence electrons. The van der Waals surface area contributed by atoms with Gasteiger partial charge < -0.3 is 11.0 Å². The number of furan rings is 1. The molecular formula is C9H7LiO3. The number of carboxylic acid groups (broad SMARTS) is 1. The molecule has 0 unspecified atom stereocenters. The van der Waals surface area contributed by atoms with Gasteiger partial charge in [-0.3, -0.25) is 0 Å². The number of rotatable bonds is 1. The molecule has 0 fully saturated rings. The van der Waals surface area contributed by atoms with Crippen LogP contribution in [0, 0.1) is 0 Å². The van der Waals surface area contributed by atoms with E-state index < -0.39 is 5.97 Å². The Morgan fingerprint density at radius 1 is 1.38 bits per heavy atom. The maximum Gasteiger partial charge on any atom is 1.00 e. The summed E-state index contributed by atoms with van der Waals surface area (Å²) in [4.78, 5) is 10.5. The molecule has 0 spiro atoms. The van der Waals surface area contributed by atoms with Gasteiger partial charge in [-0.15, -0.1) is 0 Å². The van der Waals surface area contributed by atoms with Gasteiger partial charge >= 0.3 is 24.8 Å². The quantitative estimate of drug-likeness (QED) is 0.573. The molecule has 0 aliphatic carbocycles. The molecule has 0 amide bonds. The van der Waals surface area contributed by atoms with Crippen LogP contribution in [0.15, 0.2) is 34.7 Å². The van der Waals surface area contributed by atoms with Crippen molar-refractivity contribution < 1.29 is 34.6 Å². The molecule has 0 aliphatic heterocycles. The van der Waals surface area contributed by atoms with Crippen LogP contribution in [0.4, 0.5) is 0 Å². The number of carbonyl (C=O) groups is 1. The van der Waals surface area contributed by atoms with Crippen LogP contribution >= 0.6 is 0 Å². The van der Waals surface area contributed by atoms with E-state index in [1.54, 1.807) is 12.1 Å².